The van der Waals surface area contributed by atoms with Crippen molar-refractivity contribution < 1.29 is 38.1 Å². The number of rotatable bonds is 14. The van der Waals surface area contributed by atoms with Crippen LogP contribution in [0.5, 0.6) is 17.2 Å². The monoisotopic (exact) mass is 780 g/mol. The maximum atomic E-state index is 13.8. The summed E-state index contributed by atoms with van der Waals surface area (Å²) in [4.78, 5) is 62.2. The van der Waals surface area contributed by atoms with Crippen molar-refractivity contribution in [1.29, 1.82) is 0 Å². The van der Waals surface area contributed by atoms with E-state index in [1.807, 2.05) is 37.1 Å². The Morgan fingerprint density at radius 1 is 0.860 bits per heavy atom. The minimum atomic E-state index is -0.591. The number of carbonyl (C=O) groups excluding carboxylic acids is 4. The van der Waals surface area contributed by atoms with Gasteiger partial charge in [-0.15, -0.1) is 0 Å². The molecule has 1 aromatic heterocycles. The summed E-state index contributed by atoms with van der Waals surface area (Å²) in [6, 6.07) is 20.7. The Balaban J connectivity index is 1.20. The number of anilines is 2. The first-order valence-electron chi connectivity index (χ1n) is 18.8. The number of aromatic nitrogens is 1. The third-order valence-electron chi connectivity index (χ3n) is 9.09. The number of ether oxygens (including phenoxy) is 4. The standard InChI is InChI=1S/C43H52N6O8/c1-29-13-18-35(38(25-29)56-28-32-16-14-31(27-45-32)41(52)49-22-20-47(5)21-23-49)48(6)40(51)30-15-17-34(37(26-30)54-7)46-39(50)33-11-8-9-12-36(33)55-24-10-19-44-42(53)57-43(2,3)4/h8-9,11-18,25-27H,10,19-24,28H2,1-7H3,(H,44,53)(H,46,50). The highest BCUT2D eigenvalue weighted by Gasteiger charge is 2.23. The molecule has 1 fully saturated rings. The number of pyridine rings is 1. The lowest BCUT2D eigenvalue weighted by Crippen LogP contribution is -2.47. The van der Waals surface area contributed by atoms with Crippen LogP contribution in [0.1, 0.15) is 69.5 Å². The van der Waals surface area contributed by atoms with Gasteiger partial charge in [-0.05, 0) is 101 Å². The molecule has 302 valence electrons. The molecule has 0 unspecified atom stereocenters. The second-order valence-electron chi connectivity index (χ2n) is 14.8. The topological polar surface area (TPSA) is 152 Å². The maximum Gasteiger partial charge on any atom is 0.407 e. The van der Waals surface area contributed by atoms with Crippen LogP contribution in [0.15, 0.2) is 79.0 Å². The van der Waals surface area contributed by atoms with Gasteiger partial charge in [0, 0.05) is 51.5 Å². The van der Waals surface area contributed by atoms with Crippen LogP contribution in [0.3, 0.4) is 0 Å². The van der Waals surface area contributed by atoms with Crippen molar-refractivity contribution >= 4 is 35.2 Å². The number of piperazine rings is 1. The number of alkyl carbamates (subject to hydrolysis) is 1. The number of methoxy groups -OCH3 is 1. The first-order chi connectivity index (χ1) is 27.2. The number of hydrogen-bond donors (Lipinski definition) is 2. The molecule has 1 saturated heterocycles. The average molecular weight is 781 g/mol. The predicted molar refractivity (Wildman–Crippen MR) is 218 cm³/mol. The number of nitrogens with one attached hydrogen (secondary N) is 2. The van der Waals surface area contributed by atoms with Gasteiger partial charge in [-0.1, -0.05) is 18.2 Å². The molecule has 1 aliphatic rings. The van der Waals surface area contributed by atoms with Crippen LogP contribution in [0, 0.1) is 6.92 Å². The summed E-state index contributed by atoms with van der Waals surface area (Å²) in [6.07, 6.45) is 1.57. The van der Waals surface area contributed by atoms with Crippen molar-refractivity contribution in [3.8, 4) is 17.2 Å². The lowest BCUT2D eigenvalue weighted by molar-refractivity contribution is 0.0524. The van der Waals surface area contributed by atoms with Crippen molar-refractivity contribution in [1.82, 2.24) is 20.1 Å². The number of benzene rings is 3. The van der Waals surface area contributed by atoms with Crippen LogP contribution in [0.2, 0.25) is 0 Å². The van der Waals surface area contributed by atoms with Gasteiger partial charge in [-0.3, -0.25) is 19.4 Å². The molecule has 14 nitrogen and oxygen atoms in total. The zero-order valence-electron chi connectivity index (χ0n) is 33.7. The zero-order chi connectivity index (χ0) is 41.1. The minimum Gasteiger partial charge on any atom is -0.495 e. The first-order valence-corrected chi connectivity index (χ1v) is 18.8. The molecule has 0 saturated carbocycles. The third kappa shape index (κ3) is 11.7. The van der Waals surface area contributed by atoms with Crippen LogP contribution in [0.25, 0.3) is 0 Å². The van der Waals surface area contributed by atoms with Crippen LogP contribution in [-0.2, 0) is 11.3 Å². The molecule has 0 bridgehead atoms. The number of carbonyl (C=O) groups is 4. The molecule has 1 aliphatic heterocycles. The van der Waals surface area contributed by atoms with Crippen LogP contribution >= 0.6 is 0 Å². The Hall–Kier alpha value is -6.15. The summed E-state index contributed by atoms with van der Waals surface area (Å²) >= 11 is 0. The van der Waals surface area contributed by atoms with Gasteiger partial charge in [-0.25, -0.2) is 4.79 Å². The Bertz CT molecular complexity index is 2040. The molecule has 2 heterocycles. The van der Waals surface area contributed by atoms with Gasteiger partial charge in [0.2, 0.25) is 0 Å². The number of aryl methyl sites for hydroxylation is 1. The van der Waals surface area contributed by atoms with Crippen molar-refractivity contribution in [3.63, 3.8) is 0 Å². The van der Waals surface area contributed by atoms with Gasteiger partial charge < -0.3 is 44.3 Å². The van der Waals surface area contributed by atoms with Gasteiger partial charge in [0.15, 0.2) is 0 Å². The highest BCUT2D eigenvalue weighted by atomic mass is 16.6. The fourth-order valence-electron chi connectivity index (χ4n) is 5.95. The van der Waals surface area contributed by atoms with E-state index in [1.165, 1.54) is 12.0 Å². The number of nitrogens with zero attached hydrogens (tertiary/aromatic N) is 4. The summed E-state index contributed by atoms with van der Waals surface area (Å²) in [7, 11) is 5.16. The molecular weight excluding hydrogens is 729 g/mol. The smallest absolute Gasteiger partial charge is 0.407 e. The maximum absolute atomic E-state index is 13.8. The van der Waals surface area contributed by atoms with E-state index in [0.29, 0.717) is 71.3 Å². The minimum absolute atomic E-state index is 0.0363. The molecule has 0 spiro atoms. The Morgan fingerprint density at radius 2 is 1.60 bits per heavy atom. The molecule has 2 N–H and O–H groups in total. The van der Waals surface area contributed by atoms with Gasteiger partial charge in [0.25, 0.3) is 17.7 Å². The van der Waals surface area contributed by atoms with Gasteiger partial charge in [0.1, 0.15) is 29.5 Å². The van der Waals surface area contributed by atoms with Gasteiger partial charge >= 0.3 is 6.09 Å². The molecule has 4 aromatic rings. The molecule has 0 aliphatic carbocycles. The highest BCUT2D eigenvalue weighted by molar-refractivity contribution is 6.09. The lowest BCUT2D eigenvalue weighted by atomic mass is 10.1. The third-order valence-corrected chi connectivity index (χ3v) is 9.09. The Kier molecular flexibility index (Phi) is 14.1. The molecule has 57 heavy (non-hydrogen) atoms. The molecule has 4 amide bonds. The Labute approximate surface area is 334 Å². The summed E-state index contributed by atoms with van der Waals surface area (Å²) in [6.45, 7) is 11.1. The van der Waals surface area contributed by atoms with E-state index in [0.717, 1.165) is 18.7 Å². The van der Waals surface area contributed by atoms with E-state index in [-0.39, 0.29) is 30.8 Å². The first kappa shape index (κ1) is 42.0. The van der Waals surface area contributed by atoms with E-state index in [4.69, 9.17) is 18.9 Å². The lowest BCUT2D eigenvalue weighted by Gasteiger charge is -2.32. The van der Waals surface area contributed by atoms with E-state index in [9.17, 15) is 19.2 Å². The number of hydrogen-bond acceptors (Lipinski definition) is 10. The largest absolute Gasteiger partial charge is 0.495 e. The fourth-order valence-corrected chi connectivity index (χ4v) is 5.95. The summed E-state index contributed by atoms with van der Waals surface area (Å²) in [5.41, 5.74) is 3.05. The normalized spacial score (nSPS) is 13.0. The van der Waals surface area contributed by atoms with E-state index in [2.05, 4.69) is 20.5 Å². The molecular formula is C43H52N6O8. The van der Waals surface area contributed by atoms with E-state index >= 15 is 0 Å². The molecule has 3 aromatic carbocycles. The highest BCUT2D eigenvalue weighted by Crippen LogP contribution is 2.33. The summed E-state index contributed by atoms with van der Waals surface area (Å²) < 4.78 is 22.9. The number of amides is 4. The van der Waals surface area contributed by atoms with Crippen molar-refractivity contribution in [3.05, 3.63) is 107 Å². The van der Waals surface area contributed by atoms with Gasteiger partial charge in [-0.2, -0.15) is 0 Å². The van der Waals surface area contributed by atoms with Gasteiger partial charge in [0.05, 0.1) is 41.9 Å². The van der Waals surface area contributed by atoms with Crippen molar-refractivity contribution in [2.45, 2.75) is 46.3 Å². The number of para-hydroxylation sites is 1. The van der Waals surface area contributed by atoms with Crippen LogP contribution < -0.4 is 29.7 Å². The SMILES string of the molecule is COc1cc(C(=O)N(C)c2ccc(C)cc2OCc2ccc(C(=O)N3CCN(C)CC3)cn2)ccc1NC(=O)c1ccccc1OCCCNC(=O)OC(C)(C)C. The molecule has 0 atom stereocenters. The quantitative estimate of drug-likeness (QED) is 0.142. The number of likely N-dealkylation sites (N-methyl/N-ethyl adjacent to an activating group) is 1. The predicted octanol–water partition coefficient (Wildman–Crippen LogP) is 6.19. The molecule has 0 radical (unpaired) electrons. The van der Waals surface area contributed by atoms with E-state index < -0.39 is 17.6 Å². The molecule has 5 rings (SSSR count). The summed E-state index contributed by atoms with van der Waals surface area (Å²) in [5.74, 6) is 0.353. The molecule has 14 heteroatoms. The van der Waals surface area contributed by atoms with E-state index in [1.54, 1.807) is 88.6 Å². The Morgan fingerprint density at radius 3 is 2.30 bits per heavy atom. The van der Waals surface area contributed by atoms with Crippen LogP contribution in [-0.4, -0.2) is 105 Å². The second kappa shape index (κ2) is 19.1. The second-order valence-corrected chi connectivity index (χ2v) is 14.8. The summed E-state index contributed by atoms with van der Waals surface area (Å²) in [5, 5.41) is 5.55. The average Bonchev–Trinajstić information content (AvgIpc) is 3.19. The fraction of sp³-hybridized carbons (Fsp3) is 0.372. The van der Waals surface area contributed by atoms with Crippen LogP contribution in [0.4, 0.5) is 16.2 Å². The zero-order valence-corrected chi connectivity index (χ0v) is 33.7. The van der Waals surface area contributed by atoms with Crippen molar-refractivity contribution in [2.24, 2.45) is 0 Å². The van der Waals surface area contributed by atoms with Crippen molar-refractivity contribution in [2.75, 3.05) is 70.8 Å².